The van der Waals surface area contributed by atoms with E-state index in [-0.39, 0.29) is 18.4 Å². The van der Waals surface area contributed by atoms with Gasteiger partial charge in [-0.25, -0.2) is 4.79 Å². The first-order valence-corrected chi connectivity index (χ1v) is 8.22. The van der Waals surface area contributed by atoms with E-state index in [9.17, 15) is 14.4 Å². The van der Waals surface area contributed by atoms with Crippen LogP contribution in [0.4, 0.5) is 0 Å². The molecule has 0 aliphatic heterocycles. The summed E-state index contributed by atoms with van der Waals surface area (Å²) in [5.41, 5.74) is 1.11. The molecule has 0 atom stereocenters. The molecule has 0 radical (unpaired) electrons. The third-order valence-electron chi connectivity index (χ3n) is 3.75. The van der Waals surface area contributed by atoms with Crippen molar-refractivity contribution in [1.82, 2.24) is 4.57 Å². The lowest BCUT2D eigenvalue weighted by Crippen LogP contribution is -2.22. The predicted molar refractivity (Wildman–Crippen MR) is 86.5 cm³/mol. The zero-order chi connectivity index (χ0) is 17.3. The number of rotatable bonds is 4. The van der Waals surface area contributed by atoms with Crippen LogP contribution in [0.1, 0.15) is 23.2 Å². The molecule has 126 valence electrons. The van der Waals surface area contributed by atoms with Crippen LogP contribution in [0.15, 0.2) is 23.2 Å². The quantitative estimate of drug-likeness (QED) is 0.782. The first kappa shape index (κ1) is 16.4. The van der Waals surface area contributed by atoms with Crippen molar-refractivity contribution in [2.45, 2.75) is 19.4 Å². The minimum atomic E-state index is -0.447. The van der Waals surface area contributed by atoms with Gasteiger partial charge in [0, 0.05) is 5.92 Å². The van der Waals surface area contributed by atoms with Crippen molar-refractivity contribution in [3.63, 3.8) is 0 Å². The maximum absolute atomic E-state index is 12.0. The molecule has 2 aromatic rings. The standard InChI is InChI=1S/C16H16N2O5S/c1-22-13(19)8-18-11-6-5-10(15(21)23-2)7-12(11)24-16(18)17-14(20)9-3-4-9/h5-7,9H,3-4,8H2,1-2H3. The monoisotopic (exact) mass is 348 g/mol. The summed E-state index contributed by atoms with van der Waals surface area (Å²) in [5.74, 6) is -1.06. The lowest BCUT2D eigenvalue weighted by Gasteiger charge is -2.04. The molecule has 1 saturated carbocycles. The molecule has 7 nitrogen and oxygen atoms in total. The molecule has 1 aliphatic carbocycles. The van der Waals surface area contributed by atoms with Crippen molar-refractivity contribution in [2.75, 3.05) is 14.2 Å². The van der Waals surface area contributed by atoms with Crippen LogP contribution in [-0.2, 0) is 25.6 Å². The Morgan fingerprint density at radius 2 is 2.00 bits per heavy atom. The van der Waals surface area contributed by atoms with Gasteiger partial charge >= 0.3 is 11.9 Å². The molecular weight excluding hydrogens is 332 g/mol. The number of methoxy groups -OCH3 is 2. The average Bonchev–Trinajstić information content (AvgIpc) is 3.39. The van der Waals surface area contributed by atoms with Crippen LogP contribution in [0.3, 0.4) is 0 Å². The lowest BCUT2D eigenvalue weighted by atomic mass is 10.2. The van der Waals surface area contributed by atoms with Crippen LogP contribution in [0.2, 0.25) is 0 Å². The number of ether oxygens (including phenoxy) is 2. The van der Waals surface area contributed by atoms with Gasteiger partial charge in [0.05, 0.1) is 30.0 Å². The van der Waals surface area contributed by atoms with Gasteiger partial charge in [-0.15, -0.1) is 0 Å². The SMILES string of the molecule is COC(=O)Cn1c(=NC(=O)C2CC2)sc2cc(C(=O)OC)ccc21. The number of benzene rings is 1. The van der Waals surface area contributed by atoms with E-state index in [1.54, 1.807) is 22.8 Å². The van der Waals surface area contributed by atoms with Gasteiger partial charge in [-0.2, -0.15) is 4.99 Å². The summed E-state index contributed by atoms with van der Waals surface area (Å²) in [4.78, 5) is 40.0. The van der Waals surface area contributed by atoms with Crippen molar-refractivity contribution < 1.29 is 23.9 Å². The van der Waals surface area contributed by atoms with E-state index in [0.29, 0.717) is 15.9 Å². The molecule has 1 heterocycles. The maximum Gasteiger partial charge on any atom is 0.337 e. The van der Waals surface area contributed by atoms with E-state index in [0.717, 1.165) is 17.5 Å². The topological polar surface area (TPSA) is 87.0 Å². The minimum absolute atomic E-state index is 0.00702. The van der Waals surface area contributed by atoms with Crippen LogP contribution < -0.4 is 4.80 Å². The molecule has 0 unspecified atom stereocenters. The summed E-state index contributed by atoms with van der Waals surface area (Å²) in [5, 5.41) is 0. The van der Waals surface area contributed by atoms with E-state index in [1.807, 2.05) is 0 Å². The summed E-state index contributed by atoms with van der Waals surface area (Å²) in [6, 6.07) is 4.99. The smallest absolute Gasteiger partial charge is 0.337 e. The zero-order valence-corrected chi connectivity index (χ0v) is 14.1. The number of hydrogen-bond acceptors (Lipinski definition) is 6. The lowest BCUT2D eigenvalue weighted by molar-refractivity contribution is -0.141. The largest absolute Gasteiger partial charge is 0.468 e. The highest BCUT2D eigenvalue weighted by molar-refractivity contribution is 7.16. The number of nitrogens with zero attached hydrogens (tertiary/aromatic N) is 2. The highest BCUT2D eigenvalue weighted by atomic mass is 32.1. The molecular formula is C16H16N2O5S. The highest BCUT2D eigenvalue weighted by Crippen LogP contribution is 2.30. The third kappa shape index (κ3) is 3.23. The minimum Gasteiger partial charge on any atom is -0.468 e. The van der Waals surface area contributed by atoms with Crippen molar-refractivity contribution in [1.29, 1.82) is 0 Å². The van der Waals surface area contributed by atoms with E-state index in [4.69, 9.17) is 9.47 Å². The highest BCUT2D eigenvalue weighted by Gasteiger charge is 2.29. The third-order valence-corrected chi connectivity index (χ3v) is 4.79. The van der Waals surface area contributed by atoms with Gasteiger partial charge in [0.15, 0.2) is 4.80 Å². The fraction of sp³-hybridized carbons (Fsp3) is 0.375. The van der Waals surface area contributed by atoms with Crippen LogP contribution in [0, 0.1) is 5.92 Å². The Morgan fingerprint density at radius 3 is 2.62 bits per heavy atom. The van der Waals surface area contributed by atoms with Gasteiger partial charge in [-0.3, -0.25) is 9.59 Å². The molecule has 1 aromatic heterocycles. The number of esters is 2. The molecule has 1 aromatic carbocycles. The fourth-order valence-electron chi connectivity index (χ4n) is 2.27. The first-order valence-electron chi connectivity index (χ1n) is 7.40. The van der Waals surface area contributed by atoms with Crippen molar-refractivity contribution in [3.8, 4) is 0 Å². The van der Waals surface area contributed by atoms with Crippen molar-refractivity contribution in [2.24, 2.45) is 10.9 Å². The summed E-state index contributed by atoms with van der Waals surface area (Å²) < 4.78 is 11.8. The van der Waals surface area contributed by atoms with Gasteiger partial charge in [-0.05, 0) is 31.0 Å². The molecule has 24 heavy (non-hydrogen) atoms. The molecule has 0 saturated heterocycles. The number of carbonyl (C=O) groups is 3. The number of aromatic nitrogens is 1. The second kappa shape index (κ2) is 6.56. The predicted octanol–water partition coefficient (Wildman–Crippen LogP) is 1.50. The average molecular weight is 348 g/mol. The maximum atomic E-state index is 12.0. The van der Waals surface area contributed by atoms with Crippen LogP contribution in [-0.4, -0.2) is 36.6 Å². The molecule has 8 heteroatoms. The number of hydrogen-bond donors (Lipinski definition) is 0. The first-order chi connectivity index (χ1) is 11.5. The Labute approximate surface area is 141 Å². The van der Waals surface area contributed by atoms with Gasteiger partial charge in [0.2, 0.25) is 0 Å². The van der Waals surface area contributed by atoms with Crippen LogP contribution in [0.5, 0.6) is 0 Å². The van der Waals surface area contributed by atoms with Gasteiger partial charge in [-0.1, -0.05) is 11.3 Å². The Kier molecular flexibility index (Phi) is 4.48. The second-order valence-corrected chi connectivity index (χ2v) is 6.45. The van der Waals surface area contributed by atoms with Crippen LogP contribution in [0.25, 0.3) is 10.2 Å². The fourth-order valence-corrected chi connectivity index (χ4v) is 3.34. The molecule has 0 bridgehead atoms. The second-order valence-electron chi connectivity index (χ2n) is 5.45. The Balaban J connectivity index is 2.12. The Morgan fingerprint density at radius 1 is 1.25 bits per heavy atom. The van der Waals surface area contributed by atoms with E-state index >= 15 is 0 Å². The number of amides is 1. The van der Waals surface area contributed by atoms with Crippen LogP contribution >= 0.6 is 11.3 Å². The van der Waals surface area contributed by atoms with E-state index in [1.165, 1.54) is 25.6 Å². The number of fused-ring (bicyclic) bond motifs is 1. The normalized spacial score (nSPS) is 14.7. The van der Waals surface area contributed by atoms with Gasteiger partial charge in [0.25, 0.3) is 5.91 Å². The Bertz CT molecular complexity index is 891. The summed E-state index contributed by atoms with van der Waals surface area (Å²) in [6.07, 6.45) is 1.72. The molecule has 1 amide bonds. The van der Waals surface area contributed by atoms with Gasteiger partial charge < -0.3 is 14.0 Å². The number of thiazole rings is 1. The summed E-state index contributed by atoms with van der Waals surface area (Å²) in [7, 11) is 2.62. The van der Waals surface area contributed by atoms with Crippen molar-refractivity contribution >= 4 is 39.4 Å². The van der Waals surface area contributed by atoms with Gasteiger partial charge in [0.1, 0.15) is 6.54 Å². The zero-order valence-electron chi connectivity index (χ0n) is 13.3. The summed E-state index contributed by atoms with van der Waals surface area (Å²) in [6.45, 7) is -0.0507. The van der Waals surface area contributed by atoms with Crippen molar-refractivity contribution in [3.05, 3.63) is 28.6 Å². The van der Waals surface area contributed by atoms with E-state index < -0.39 is 11.9 Å². The molecule has 0 spiro atoms. The summed E-state index contributed by atoms with van der Waals surface area (Å²) >= 11 is 1.25. The molecule has 1 fully saturated rings. The van der Waals surface area contributed by atoms with E-state index in [2.05, 4.69) is 4.99 Å². The number of carbonyl (C=O) groups excluding carboxylic acids is 3. The molecule has 0 N–H and O–H groups in total. The molecule has 3 rings (SSSR count). The Hall–Kier alpha value is -2.48. The molecule has 1 aliphatic rings.